The maximum Gasteiger partial charge on any atom is 0.417 e. The molecule has 2 aliphatic heterocycles. The molecule has 2 aliphatic rings. The first-order valence-electron chi connectivity index (χ1n) is 11.6. The van der Waals surface area contributed by atoms with Gasteiger partial charge in [-0.3, -0.25) is 19.2 Å². The Morgan fingerprint density at radius 3 is 2.47 bits per heavy atom. The molecule has 0 saturated carbocycles. The summed E-state index contributed by atoms with van der Waals surface area (Å²) in [7, 11) is 0. The molecule has 3 atom stereocenters. The van der Waals surface area contributed by atoms with Gasteiger partial charge in [0, 0.05) is 13.0 Å². The number of benzene rings is 1. The number of carbonyl (C=O) groups excluding carboxylic acids is 5. The Balaban J connectivity index is 1.69. The standard InChI is InChI=1S/C24H32N4O6/c1-15(2)13-17(23(32)27-12-6-9-18(27)21(25)30)26-22(31)19-10-11-20(29)28(19)24(33)34-14-16-7-4-3-5-8-16/h3-5,7-8,15,17-19H,6,9-14H2,1-2H3,(H2,25,30)(H,26,31)/t17-,18-,19-/m0/s1. The number of rotatable bonds is 8. The molecule has 0 spiro atoms. The molecule has 2 saturated heterocycles. The van der Waals surface area contributed by atoms with Crippen molar-refractivity contribution in [1.82, 2.24) is 15.1 Å². The van der Waals surface area contributed by atoms with Crippen LogP contribution in [0.5, 0.6) is 0 Å². The summed E-state index contributed by atoms with van der Waals surface area (Å²) in [4.78, 5) is 65.4. The van der Waals surface area contributed by atoms with E-state index in [2.05, 4.69) is 5.32 Å². The monoisotopic (exact) mass is 472 g/mol. The molecule has 5 amide bonds. The van der Waals surface area contributed by atoms with E-state index in [0.29, 0.717) is 25.8 Å². The second kappa shape index (κ2) is 11.1. The largest absolute Gasteiger partial charge is 0.444 e. The predicted molar refractivity (Wildman–Crippen MR) is 122 cm³/mol. The molecule has 34 heavy (non-hydrogen) atoms. The fraction of sp³-hybridized carbons (Fsp3) is 0.542. The van der Waals surface area contributed by atoms with E-state index in [1.54, 1.807) is 24.3 Å². The summed E-state index contributed by atoms with van der Waals surface area (Å²) in [5.41, 5.74) is 6.20. The van der Waals surface area contributed by atoms with Crippen LogP contribution >= 0.6 is 0 Å². The number of primary amides is 1. The van der Waals surface area contributed by atoms with Gasteiger partial charge in [-0.2, -0.15) is 0 Å². The summed E-state index contributed by atoms with van der Waals surface area (Å²) in [5.74, 6) is -1.99. The molecule has 3 rings (SSSR count). The molecule has 2 heterocycles. The van der Waals surface area contributed by atoms with Gasteiger partial charge in [0.2, 0.25) is 23.6 Å². The van der Waals surface area contributed by atoms with Crippen molar-refractivity contribution in [2.24, 2.45) is 11.7 Å². The summed E-state index contributed by atoms with van der Waals surface area (Å²) in [6.07, 6.45) is 0.748. The molecule has 0 bridgehead atoms. The van der Waals surface area contributed by atoms with E-state index in [-0.39, 0.29) is 31.3 Å². The van der Waals surface area contributed by atoms with Crippen LogP contribution in [0.25, 0.3) is 0 Å². The van der Waals surface area contributed by atoms with Gasteiger partial charge in [0.25, 0.3) is 0 Å². The Labute approximate surface area is 198 Å². The highest BCUT2D eigenvalue weighted by Crippen LogP contribution is 2.23. The second-order valence-corrected chi connectivity index (χ2v) is 9.14. The van der Waals surface area contributed by atoms with Crippen molar-refractivity contribution in [1.29, 1.82) is 0 Å². The number of likely N-dealkylation sites (tertiary alicyclic amines) is 2. The van der Waals surface area contributed by atoms with Crippen LogP contribution in [0.3, 0.4) is 0 Å². The smallest absolute Gasteiger partial charge is 0.417 e. The number of ether oxygens (including phenoxy) is 1. The molecule has 0 aliphatic carbocycles. The first-order chi connectivity index (χ1) is 16.2. The van der Waals surface area contributed by atoms with Gasteiger partial charge in [-0.15, -0.1) is 0 Å². The van der Waals surface area contributed by atoms with E-state index in [1.165, 1.54) is 4.90 Å². The number of hydrogen-bond acceptors (Lipinski definition) is 6. The molecule has 1 aromatic rings. The van der Waals surface area contributed by atoms with Gasteiger partial charge in [0.15, 0.2) is 0 Å². The van der Waals surface area contributed by atoms with Crippen molar-refractivity contribution in [2.75, 3.05) is 6.54 Å². The quantitative estimate of drug-likeness (QED) is 0.585. The van der Waals surface area contributed by atoms with E-state index in [9.17, 15) is 24.0 Å². The topological polar surface area (TPSA) is 139 Å². The van der Waals surface area contributed by atoms with Crippen LogP contribution in [0, 0.1) is 5.92 Å². The Morgan fingerprint density at radius 1 is 1.12 bits per heavy atom. The summed E-state index contributed by atoms with van der Waals surface area (Å²) in [5, 5.41) is 2.72. The van der Waals surface area contributed by atoms with E-state index < -0.39 is 41.9 Å². The third-order valence-electron chi connectivity index (χ3n) is 6.10. The zero-order valence-corrected chi connectivity index (χ0v) is 19.6. The van der Waals surface area contributed by atoms with Gasteiger partial charge >= 0.3 is 6.09 Å². The average Bonchev–Trinajstić information content (AvgIpc) is 3.44. The second-order valence-electron chi connectivity index (χ2n) is 9.14. The minimum absolute atomic E-state index is 0.0250. The maximum atomic E-state index is 13.2. The molecule has 10 heteroatoms. The normalized spacial score (nSPS) is 21.0. The molecular formula is C24H32N4O6. The van der Waals surface area contributed by atoms with Crippen LogP contribution in [0.4, 0.5) is 4.79 Å². The van der Waals surface area contributed by atoms with Crippen molar-refractivity contribution in [3.05, 3.63) is 35.9 Å². The first kappa shape index (κ1) is 25.2. The van der Waals surface area contributed by atoms with Crippen molar-refractivity contribution in [3.8, 4) is 0 Å². The lowest BCUT2D eigenvalue weighted by Crippen LogP contribution is -2.56. The van der Waals surface area contributed by atoms with Crippen LogP contribution in [-0.2, 0) is 30.5 Å². The van der Waals surface area contributed by atoms with Crippen LogP contribution in [0.1, 0.15) is 51.5 Å². The summed E-state index contributed by atoms with van der Waals surface area (Å²) >= 11 is 0. The van der Waals surface area contributed by atoms with Crippen LogP contribution in [-0.4, -0.2) is 64.2 Å². The number of nitrogens with two attached hydrogens (primary N) is 1. The molecule has 1 aromatic carbocycles. The van der Waals surface area contributed by atoms with Crippen LogP contribution in [0.15, 0.2) is 30.3 Å². The van der Waals surface area contributed by atoms with E-state index >= 15 is 0 Å². The van der Waals surface area contributed by atoms with Crippen molar-refractivity contribution >= 4 is 29.7 Å². The molecule has 0 radical (unpaired) electrons. The molecule has 184 valence electrons. The fourth-order valence-corrected chi connectivity index (χ4v) is 4.44. The maximum absolute atomic E-state index is 13.2. The summed E-state index contributed by atoms with van der Waals surface area (Å²) in [6.45, 7) is 4.18. The van der Waals surface area contributed by atoms with Gasteiger partial charge in [0.1, 0.15) is 24.7 Å². The molecule has 0 aromatic heterocycles. The first-order valence-corrected chi connectivity index (χ1v) is 11.6. The van der Waals surface area contributed by atoms with Gasteiger partial charge in [-0.05, 0) is 37.2 Å². The highest BCUT2D eigenvalue weighted by Gasteiger charge is 2.43. The number of carbonyl (C=O) groups is 5. The third-order valence-corrected chi connectivity index (χ3v) is 6.10. The highest BCUT2D eigenvalue weighted by molar-refractivity contribution is 6.01. The third kappa shape index (κ3) is 5.92. The summed E-state index contributed by atoms with van der Waals surface area (Å²) in [6, 6.07) is 6.33. The number of hydrogen-bond donors (Lipinski definition) is 2. The number of nitrogens with zero attached hydrogens (tertiary/aromatic N) is 2. The Hall–Kier alpha value is -3.43. The molecule has 3 N–H and O–H groups in total. The Kier molecular flexibility index (Phi) is 8.25. The Bertz CT molecular complexity index is 935. The van der Waals surface area contributed by atoms with E-state index in [1.807, 2.05) is 19.9 Å². The fourth-order valence-electron chi connectivity index (χ4n) is 4.44. The lowest BCUT2D eigenvalue weighted by molar-refractivity contribution is -0.142. The van der Waals surface area contributed by atoms with Crippen LogP contribution in [0.2, 0.25) is 0 Å². The lowest BCUT2D eigenvalue weighted by Gasteiger charge is -2.30. The number of nitrogens with one attached hydrogen (secondary N) is 1. The molecule has 2 fully saturated rings. The van der Waals surface area contributed by atoms with Gasteiger partial charge in [-0.25, -0.2) is 9.69 Å². The summed E-state index contributed by atoms with van der Waals surface area (Å²) < 4.78 is 5.26. The van der Waals surface area contributed by atoms with Gasteiger partial charge in [-0.1, -0.05) is 44.2 Å². The van der Waals surface area contributed by atoms with Crippen molar-refractivity contribution in [3.63, 3.8) is 0 Å². The van der Waals surface area contributed by atoms with Gasteiger partial charge < -0.3 is 20.7 Å². The predicted octanol–water partition coefficient (Wildman–Crippen LogP) is 1.32. The van der Waals surface area contributed by atoms with E-state index in [0.717, 1.165) is 10.5 Å². The molecular weight excluding hydrogens is 440 g/mol. The minimum atomic E-state index is -1.07. The zero-order chi connectivity index (χ0) is 24.8. The average molecular weight is 473 g/mol. The highest BCUT2D eigenvalue weighted by atomic mass is 16.6. The zero-order valence-electron chi connectivity index (χ0n) is 19.6. The van der Waals surface area contributed by atoms with Crippen molar-refractivity contribution < 1.29 is 28.7 Å². The SMILES string of the molecule is CC(C)C[C@H](NC(=O)[C@@H]1CCC(=O)N1C(=O)OCc1ccccc1)C(=O)N1CCC[C@H]1C(N)=O. The van der Waals surface area contributed by atoms with Crippen LogP contribution < -0.4 is 11.1 Å². The number of amides is 5. The van der Waals surface area contributed by atoms with Gasteiger partial charge in [0.05, 0.1) is 0 Å². The minimum Gasteiger partial charge on any atom is -0.444 e. The lowest BCUT2D eigenvalue weighted by atomic mass is 10.0. The van der Waals surface area contributed by atoms with Crippen molar-refractivity contribution in [2.45, 2.75) is 70.7 Å². The number of imide groups is 1. The molecule has 0 unspecified atom stereocenters. The Morgan fingerprint density at radius 2 is 1.82 bits per heavy atom. The van der Waals surface area contributed by atoms with E-state index in [4.69, 9.17) is 10.5 Å². The molecule has 10 nitrogen and oxygen atoms in total.